The maximum Gasteiger partial charge on any atom is 0.260 e. The number of hydrogen-bond acceptors (Lipinski definition) is 2. The fourth-order valence-electron chi connectivity index (χ4n) is 0.908. The zero-order valence-corrected chi connectivity index (χ0v) is 6.44. The molecule has 0 saturated carbocycles. The van der Waals surface area contributed by atoms with Crippen molar-refractivity contribution in [2.24, 2.45) is 0 Å². The van der Waals surface area contributed by atoms with Crippen LogP contribution >= 0.6 is 12.2 Å². The number of thiocarbonyl (C=S) groups is 1. The van der Waals surface area contributed by atoms with Gasteiger partial charge in [0.2, 0.25) is 0 Å². The molecule has 0 saturated heterocycles. The SMILES string of the molecule is S=C1[C]Oc2ccccc2N1. The number of ether oxygens (including phenoxy) is 1. The Bertz CT molecular complexity index is 298. The van der Waals surface area contributed by atoms with E-state index in [1.165, 1.54) is 0 Å². The molecule has 0 fully saturated rings. The first kappa shape index (κ1) is 6.61. The fourth-order valence-corrected chi connectivity index (χ4v) is 1.06. The Hall–Kier alpha value is -1.09. The van der Waals surface area contributed by atoms with Crippen LogP contribution in [0.5, 0.6) is 5.75 Å². The van der Waals surface area contributed by atoms with Gasteiger partial charge >= 0.3 is 0 Å². The predicted octanol–water partition coefficient (Wildman–Crippen LogP) is 1.86. The summed E-state index contributed by atoms with van der Waals surface area (Å²) in [7, 11) is 0. The summed E-state index contributed by atoms with van der Waals surface area (Å²) in [6.45, 7) is 2.56. The monoisotopic (exact) mass is 163 g/mol. The molecule has 54 valence electrons. The minimum Gasteiger partial charge on any atom is -0.468 e. The molecule has 0 amide bonds. The van der Waals surface area contributed by atoms with Crippen LogP contribution in [0.4, 0.5) is 5.69 Å². The minimum atomic E-state index is 0.490. The lowest BCUT2D eigenvalue weighted by Crippen LogP contribution is -2.18. The van der Waals surface area contributed by atoms with Gasteiger partial charge in [0.15, 0.2) is 0 Å². The second-order valence-electron chi connectivity index (χ2n) is 2.15. The van der Waals surface area contributed by atoms with Crippen molar-refractivity contribution in [1.82, 2.24) is 0 Å². The maximum absolute atomic E-state index is 5.08. The Morgan fingerprint density at radius 3 is 3.09 bits per heavy atom. The molecule has 3 heteroatoms. The molecule has 0 aliphatic carbocycles. The van der Waals surface area contributed by atoms with Crippen LogP contribution in [0.1, 0.15) is 0 Å². The topological polar surface area (TPSA) is 21.3 Å². The Kier molecular flexibility index (Phi) is 1.51. The van der Waals surface area contributed by atoms with E-state index in [2.05, 4.69) is 11.9 Å². The van der Waals surface area contributed by atoms with Crippen molar-refractivity contribution >= 4 is 22.9 Å². The molecule has 11 heavy (non-hydrogen) atoms. The highest BCUT2D eigenvalue weighted by atomic mass is 32.1. The quantitative estimate of drug-likeness (QED) is 0.590. The van der Waals surface area contributed by atoms with Crippen molar-refractivity contribution in [1.29, 1.82) is 0 Å². The van der Waals surface area contributed by atoms with Gasteiger partial charge in [-0.25, -0.2) is 0 Å². The molecule has 0 atom stereocenters. The fraction of sp³-hybridized carbons (Fsp3) is 0. The van der Waals surface area contributed by atoms with Crippen molar-refractivity contribution in [2.45, 2.75) is 0 Å². The van der Waals surface area contributed by atoms with E-state index >= 15 is 0 Å². The van der Waals surface area contributed by atoms with Crippen molar-refractivity contribution in [3.05, 3.63) is 30.9 Å². The summed E-state index contributed by atoms with van der Waals surface area (Å²) in [5.74, 6) is 0.765. The van der Waals surface area contributed by atoms with E-state index in [0.717, 1.165) is 11.4 Å². The summed E-state index contributed by atoms with van der Waals surface area (Å²) in [5, 5.41) is 2.96. The Morgan fingerprint density at radius 2 is 2.18 bits per heavy atom. The molecule has 2 radical (unpaired) electrons. The first-order valence-electron chi connectivity index (χ1n) is 3.19. The third kappa shape index (κ3) is 1.19. The van der Waals surface area contributed by atoms with Crippen LogP contribution in [0.15, 0.2) is 24.3 Å². The largest absolute Gasteiger partial charge is 0.468 e. The first-order valence-corrected chi connectivity index (χ1v) is 3.60. The summed E-state index contributed by atoms with van der Waals surface area (Å²) in [5.41, 5.74) is 0.899. The van der Waals surface area contributed by atoms with E-state index in [0.29, 0.717) is 4.99 Å². The maximum atomic E-state index is 5.08. The molecular weight excluding hydrogens is 158 g/mol. The van der Waals surface area contributed by atoms with Gasteiger partial charge in [0.1, 0.15) is 10.7 Å². The van der Waals surface area contributed by atoms with Gasteiger partial charge in [-0.15, -0.1) is 0 Å². The van der Waals surface area contributed by atoms with E-state index in [-0.39, 0.29) is 0 Å². The Balaban J connectivity index is 2.41. The van der Waals surface area contributed by atoms with Crippen molar-refractivity contribution in [3.63, 3.8) is 0 Å². The van der Waals surface area contributed by atoms with Crippen LogP contribution in [0.25, 0.3) is 0 Å². The third-order valence-corrected chi connectivity index (χ3v) is 1.57. The zero-order valence-electron chi connectivity index (χ0n) is 5.63. The van der Waals surface area contributed by atoms with Gasteiger partial charge in [-0.1, -0.05) is 24.4 Å². The number of para-hydroxylation sites is 2. The third-order valence-electron chi connectivity index (χ3n) is 1.39. The van der Waals surface area contributed by atoms with E-state index in [4.69, 9.17) is 17.0 Å². The highest BCUT2D eigenvalue weighted by Gasteiger charge is 2.12. The van der Waals surface area contributed by atoms with Crippen molar-refractivity contribution in [3.8, 4) is 5.75 Å². The van der Waals surface area contributed by atoms with Crippen molar-refractivity contribution in [2.75, 3.05) is 5.32 Å². The van der Waals surface area contributed by atoms with Crippen LogP contribution in [-0.2, 0) is 0 Å². The van der Waals surface area contributed by atoms with Gasteiger partial charge in [0, 0.05) is 0 Å². The lowest BCUT2D eigenvalue weighted by molar-refractivity contribution is 0.443. The summed E-state index contributed by atoms with van der Waals surface area (Å²) >= 11 is 4.83. The molecule has 1 aromatic carbocycles. The van der Waals surface area contributed by atoms with E-state index in [1.807, 2.05) is 24.3 Å². The van der Waals surface area contributed by atoms with Crippen molar-refractivity contribution < 1.29 is 4.74 Å². The standard InChI is InChI=1S/C8H5NOS/c11-8-5-10-7-4-2-1-3-6(7)9-8/h1-4H,(H,9,11). The summed E-state index contributed by atoms with van der Waals surface area (Å²) in [6.07, 6.45) is 0. The van der Waals surface area contributed by atoms with E-state index in [9.17, 15) is 0 Å². The number of hydrogen-bond donors (Lipinski definition) is 1. The highest BCUT2D eigenvalue weighted by Crippen LogP contribution is 2.27. The molecule has 2 rings (SSSR count). The molecule has 1 aromatic rings. The molecular formula is C8H5NOS. The lowest BCUT2D eigenvalue weighted by Gasteiger charge is -2.17. The van der Waals surface area contributed by atoms with Gasteiger partial charge in [0.05, 0.1) is 5.69 Å². The molecule has 1 aliphatic rings. The van der Waals surface area contributed by atoms with Gasteiger partial charge in [0.25, 0.3) is 6.61 Å². The normalized spacial score (nSPS) is 14.7. The summed E-state index contributed by atoms with van der Waals surface area (Å²) in [6, 6.07) is 7.58. The minimum absolute atomic E-state index is 0.490. The van der Waals surface area contributed by atoms with Gasteiger partial charge in [-0.3, -0.25) is 0 Å². The zero-order chi connectivity index (χ0) is 7.68. The molecule has 2 nitrogen and oxygen atoms in total. The predicted molar refractivity (Wildman–Crippen MR) is 46.5 cm³/mol. The number of nitrogens with one attached hydrogen (secondary N) is 1. The summed E-state index contributed by atoms with van der Waals surface area (Å²) in [4.78, 5) is 0.490. The Morgan fingerprint density at radius 1 is 1.36 bits per heavy atom. The average Bonchev–Trinajstić information content (AvgIpc) is 2.04. The average molecular weight is 163 g/mol. The Labute approximate surface area is 70.2 Å². The van der Waals surface area contributed by atoms with Crippen LogP contribution in [0, 0.1) is 6.61 Å². The smallest absolute Gasteiger partial charge is 0.260 e. The number of fused-ring (bicyclic) bond motifs is 1. The second-order valence-corrected chi connectivity index (χ2v) is 2.56. The molecule has 0 spiro atoms. The molecule has 1 heterocycles. The highest BCUT2D eigenvalue weighted by molar-refractivity contribution is 7.80. The van der Waals surface area contributed by atoms with E-state index in [1.54, 1.807) is 0 Å². The number of rotatable bonds is 0. The van der Waals surface area contributed by atoms with Crippen LogP contribution in [-0.4, -0.2) is 4.99 Å². The molecule has 0 bridgehead atoms. The van der Waals surface area contributed by atoms with Gasteiger partial charge in [-0.2, -0.15) is 0 Å². The number of anilines is 1. The first-order chi connectivity index (χ1) is 5.36. The van der Waals surface area contributed by atoms with Crippen LogP contribution < -0.4 is 10.1 Å². The van der Waals surface area contributed by atoms with E-state index < -0.39 is 0 Å². The van der Waals surface area contributed by atoms with Gasteiger partial charge in [-0.05, 0) is 12.1 Å². The van der Waals surface area contributed by atoms with Crippen LogP contribution in [0.2, 0.25) is 0 Å². The van der Waals surface area contributed by atoms with Crippen LogP contribution in [0.3, 0.4) is 0 Å². The van der Waals surface area contributed by atoms with Gasteiger partial charge < -0.3 is 10.1 Å². The second kappa shape index (κ2) is 2.51. The molecule has 1 N–H and O–H groups in total. The molecule has 0 aromatic heterocycles. The number of benzene rings is 1. The molecule has 0 unspecified atom stereocenters. The lowest BCUT2D eigenvalue weighted by atomic mass is 10.2. The molecule has 1 aliphatic heterocycles. The summed E-state index contributed by atoms with van der Waals surface area (Å²) < 4.78 is 5.08.